The van der Waals surface area contributed by atoms with Crippen LogP contribution in [0.5, 0.6) is 11.5 Å². The first-order valence-corrected chi connectivity index (χ1v) is 8.59. The number of thiazole rings is 1. The number of benzene rings is 1. The minimum absolute atomic E-state index is 0.0301. The van der Waals surface area contributed by atoms with Gasteiger partial charge >= 0.3 is 11.9 Å². The highest BCUT2D eigenvalue weighted by atomic mass is 32.1. The normalized spacial score (nSPS) is 11.6. The van der Waals surface area contributed by atoms with Crippen LogP contribution in [-0.2, 0) is 6.18 Å². The number of rotatable bonds is 3. The molecule has 2 heterocycles. The number of halogens is 3. The summed E-state index contributed by atoms with van der Waals surface area (Å²) in [6.07, 6.45) is -4.62. The van der Waals surface area contributed by atoms with Gasteiger partial charge in [0.25, 0.3) is 0 Å². The van der Waals surface area contributed by atoms with Crippen LogP contribution in [0.3, 0.4) is 0 Å². The lowest BCUT2D eigenvalue weighted by atomic mass is 10.1. The maximum Gasteiger partial charge on any atom is 0.417 e. The molecule has 2 aromatic heterocycles. The van der Waals surface area contributed by atoms with E-state index in [-0.39, 0.29) is 33.2 Å². The van der Waals surface area contributed by atoms with Crippen molar-refractivity contribution in [2.75, 3.05) is 0 Å². The molecule has 0 aliphatic carbocycles. The van der Waals surface area contributed by atoms with Gasteiger partial charge in [0.05, 0.1) is 16.2 Å². The standard InChI is InChI=1S/C17H12F3N3O4S/c1-7-3-10(17(18,19)20)14(8(2)21-7)16-22-11(6-28-16)9-4-12(23(26)27)15(25)13(24)5-9/h3-6,24-25H,1-2H3. The molecule has 0 unspecified atom stereocenters. The second-order valence-corrected chi connectivity index (χ2v) is 6.79. The number of phenols is 2. The molecule has 146 valence electrons. The predicted molar refractivity (Wildman–Crippen MR) is 95.2 cm³/mol. The van der Waals surface area contributed by atoms with Gasteiger partial charge in [0.15, 0.2) is 5.75 Å². The molecule has 28 heavy (non-hydrogen) atoms. The Labute approximate surface area is 159 Å². The van der Waals surface area contributed by atoms with Crippen LogP contribution in [0.2, 0.25) is 0 Å². The molecular weight excluding hydrogens is 399 g/mol. The van der Waals surface area contributed by atoms with E-state index < -0.39 is 33.8 Å². The molecule has 0 saturated carbocycles. The minimum atomic E-state index is -4.62. The molecule has 0 spiro atoms. The van der Waals surface area contributed by atoms with E-state index in [0.717, 1.165) is 29.5 Å². The van der Waals surface area contributed by atoms with Crippen LogP contribution in [0, 0.1) is 24.0 Å². The molecule has 0 aliphatic rings. The number of nitrogens with zero attached hydrogens (tertiary/aromatic N) is 3. The summed E-state index contributed by atoms with van der Waals surface area (Å²) in [6.45, 7) is 2.90. The van der Waals surface area contributed by atoms with Gasteiger partial charge in [-0.25, -0.2) is 4.98 Å². The van der Waals surface area contributed by atoms with Crippen molar-refractivity contribution in [2.45, 2.75) is 20.0 Å². The first kappa shape index (κ1) is 19.5. The van der Waals surface area contributed by atoms with Crippen molar-refractivity contribution in [1.29, 1.82) is 0 Å². The lowest BCUT2D eigenvalue weighted by Crippen LogP contribution is -2.10. The quantitative estimate of drug-likeness (QED) is 0.363. The van der Waals surface area contributed by atoms with E-state index >= 15 is 0 Å². The molecule has 0 bridgehead atoms. The fraction of sp³-hybridized carbons (Fsp3) is 0.176. The molecule has 3 rings (SSSR count). The Bertz CT molecular complexity index is 1100. The predicted octanol–water partition coefficient (Wildman–Crippen LogP) is 4.83. The summed E-state index contributed by atoms with van der Waals surface area (Å²) in [6, 6.07) is 2.96. The first-order chi connectivity index (χ1) is 13.0. The van der Waals surface area contributed by atoms with E-state index in [9.17, 15) is 33.5 Å². The Morgan fingerprint density at radius 3 is 2.43 bits per heavy atom. The summed E-state index contributed by atoms with van der Waals surface area (Å²) in [5.74, 6) is -1.63. The molecule has 0 fully saturated rings. The van der Waals surface area contributed by atoms with Crippen LogP contribution in [0.15, 0.2) is 23.6 Å². The second kappa shape index (κ2) is 6.75. The van der Waals surface area contributed by atoms with E-state index in [1.165, 1.54) is 19.2 Å². The van der Waals surface area contributed by atoms with Crippen molar-refractivity contribution >= 4 is 17.0 Å². The number of aromatic nitrogens is 2. The number of alkyl halides is 3. The van der Waals surface area contributed by atoms with E-state index in [1.54, 1.807) is 0 Å². The zero-order valence-corrected chi connectivity index (χ0v) is 15.2. The van der Waals surface area contributed by atoms with Gasteiger partial charge in [-0.2, -0.15) is 13.2 Å². The van der Waals surface area contributed by atoms with Crippen LogP contribution in [-0.4, -0.2) is 25.1 Å². The Kier molecular flexibility index (Phi) is 4.71. The Hall–Kier alpha value is -3.21. The third-order valence-electron chi connectivity index (χ3n) is 3.91. The molecular formula is C17H12F3N3O4S. The SMILES string of the molecule is Cc1cc(C(F)(F)F)c(-c2nc(-c3cc(O)c(O)c([N+](=O)[O-])c3)cs2)c(C)n1. The number of aryl methyl sites for hydroxylation is 2. The van der Waals surface area contributed by atoms with Gasteiger partial charge in [0.1, 0.15) is 5.01 Å². The molecule has 2 N–H and O–H groups in total. The lowest BCUT2D eigenvalue weighted by molar-refractivity contribution is -0.385. The Balaban J connectivity index is 2.16. The van der Waals surface area contributed by atoms with Crippen LogP contribution in [0.1, 0.15) is 17.0 Å². The van der Waals surface area contributed by atoms with Crippen LogP contribution < -0.4 is 0 Å². The number of pyridine rings is 1. The van der Waals surface area contributed by atoms with Crippen LogP contribution in [0.4, 0.5) is 18.9 Å². The second-order valence-electron chi connectivity index (χ2n) is 5.93. The largest absolute Gasteiger partial charge is 0.504 e. The van der Waals surface area contributed by atoms with Crippen molar-refractivity contribution < 1.29 is 28.3 Å². The smallest absolute Gasteiger partial charge is 0.417 e. The summed E-state index contributed by atoms with van der Waals surface area (Å²) >= 11 is 0.907. The molecule has 0 atom stereocenters. The number of aromatic hydroxyl groups is 2. The Morgan fingerprint density at radius 1 is 1.14 bits per heavy atom. The van der Waals surface area contributed by atoms with Crippen molar-refractivity contribution in [1.82, 2.24) is 9.97 Å². The maximum absolute atomic E-state index is 13.5. The summed E-state index contributed by atoms with van der Waals surface area (Å²) < 4.78 is 40.4. The zero-order valence-electron chi connectivity index (χ0n) is 14.4. The average Bonchev–Trinajstić information content (AvgIpc) is 3.05. The third-order valence-corrected chi connectivity index (χ3v) is 4.77. The molecule has 0 radical (unpaired) electrons. The number of nitro benzene ring substituents is 1. The van der Waals surface area contributed by atoms with Crippen LogP contribution >= 0.6 is 11.3 Å². The molecule has 0 amide bonds. The average molecular weight is 411 g/mol. The fourth-order valence-electron chi connectivity index (χ4n) is 2.73. The van der Waals surface area contributed by atoms with Gasteiger partial charge < -0.3 is 10.2 Å². The number of nitro groups is 1. The van der Waals surface area contributed by atoms with E-state index in [4.69, 9.17) is 0 Å². The molecule has 7 nitrogen and oxygen atoms in total. The molecule has 0 aliphatic heterocycles. The summed E-state index contributed by atoms with van der Waals surface area (Å²) in [5, 5.41) is 31.7. The van der Waals surface area contributed by atoms with Gasteiger partial charge in [0.2, 0.25) is 5.75 Å². The van der Waals surface area contributed by atoms with Crippen LogP contribution in [0.25, 0.3) is 21.8 Å². The summed E-state index contributed by atoms with van der Waals surface area (Å²) in [4.78, 5) is 18.3. The zero-order chi connectivity index (χ0) is 20.8. The minimum Gasteiger partial charge on any atom is -0.504 e. The highest BCUT2D eigenvalue weighted by Gasteiger charge is 2.36. The van der Waals surface area contributed by atoms with Gasteiger partial charge in [-0.05, 0) is 26.0 Å². The maximum atomic E-state index is 13.5. The molecule has 1 aromatic carbocycles. The van der Waals surface area contributed by atoms with Crippen molar-refractivity contribution in [2.24, 2.45) is 0 Å². The number of phenolic OH excluding ortho intramolecular Hbond substituents is 2. The molecule has 3 aromatic rings. The molecule has 0 saturated heterocycles. The van der Waals surface area contributed by atoms with Gasteiger partial charge in [-0.15, -0.1) is 11.3 Å². The van der Waals surface area contributed by atoms with Gasteiger partial charge in [0, 0.05) is 34.0 Å². The van der Waals surface area contributed by atoms with E-state index in [1.807, 2.05) is 0 Å². The third kappa shape index (κ3) is 3.48. The topological polar surface area (TPSA) is 109 Å². The molecule has 11 heteroatoms. The number of hydrogen-bond donors (Lipinski definition) is 2. The van der Waals surface area contributed by atoms with E-state index in [2.05, 4.69) is 9.97 Å². The monoisotopic (exact) mass is 411 g/mol. The summed E-state index contributed by atoms with van der Waals surface area (Å²) in [7, 11) is 0. The van der Waals surface area contributed by atoms with Crippen molar-refractivity contribution in [3.63, 3.8) is 0 Å². The first-order valence-electron chi connectivity index (χ1n) is 7.71. The van der Waals surface area contributed by atoms with Crippen molar-refractivity contribution in [3.8, 4) is 33.3 Å². The highest BCUT2D eigenvalue weighted by molar-refractivity contribution is 7.13. The highest BCUT2D eigenvalue weighted by Crippen LogP contribution is 2.43. The fourth-order valence-corrected chi connectivity index (χ4v) is 3.67. The van der Waals surface area contributed by atoms with Gasteiger partial charge in [-0.3, -0.25) is 15.1 Å². The summed E-state index contributed by atoms with van der Waals surface area (Å²) in [5.41, 5.74) is -1.24. The van der Waals surface area contributed by atoms with Gasteiger partial charge in [-0.1, -0.05) is 0 Å². The lowest BCUT2D eigenvalue weighted by Gasteiger charge is -2.14. The van der Waals surface area contributed by atoms with Crippen molar-refractivity contribution in [3.05, 3.63) is 50.6 Å². The number of hydrogen-bond acceptors (Lipinski definition) is 7. The Morgan fingerprint density at radius 2 is 1.82 bits per heavy atom. The van der Waals surface area contributed by atoms with E-state index in [0.29, 0.717) is 0 Å².